The lowest BCUT2D eigenvalue weighted by Crippen LogP contribution is -2.39. The third-order valence-corrected chi connectivity index (χ3v) is 8.03. The molecule has 0 radical (unpaired) electrons. The van der Waals surface area contributed by atoms with Gasteiger partial charge in [-0.15, -0.1) is 12.6 Å². The van der Waals surface area contributed by atoms with Crippen LogP contribution < -0.4 is 0 Å². The zero-order chi connectivity index (χ0) is 27.8. The molecule has 0 saturated heterocycles. The largest absolute Gasteiger partial charge is 0.478 e. The molecule has 0 aliphatic carbocycles. The number of rotatable bonds is 28. The number of carboxylic acids is 1. The molecule has 0 heterocycles. The van der Waals surface area contributed by atoms with Crippen molar-refractivity contribution in [2.45, 2.75) is 166 Å². The molecule has 0 aromatic rings. The van der Waals surface area contributed by atoms with Gasteiger partial charge in [0, 0.05) is 0 Å². The van der Waals surface area contributed by atoms with Gasteiger partial charge in [-0.2, -0.15) is 0 Å². The van der Waals surface area contributed by atoms with Crippen LogP contribution in [0.15, 0.2) is 0 Å². The van der Waals surface area contributed by atoms with Crippen molar-refractivity contribution >= 4 is 27.1 Å². The van der Waals surface area contributed by atoms with E-state index in [0.29, 0.717) is 12.3 Å². The Morgan fingerprint density at radius 2 is 1.24 bits per heavy atom. The quantitative estimate of drug-likeness (QED) is 0.0380. The summed E-state index contributed by atoms with van der Waals surface area (Å²) in [5, 5.41) is 16.5. The SMILES string of the molecule is CCCCCCCCCCCC(CCCCCCCCC)CC(S)OC(CC)OCC(O)(P=O)C(=O)O. The highest BCUT2D eigenvalue weighted by molar-refractivity contribution is 7.80. The van der Waals surface area contributed by atoms with Crippen molar-refractivity contribution < 1.29 is 29.0 Å². The average molecular weight is 565 g/mol. The van der Waals surface area contributed by atoms with Crippen molar-refractivity contribution in [2.75, 3.05) is 6.61 Å². The fourth-order valence-corrected chi connectivity index (χ4v) is 5.26. The molecule has 4 atom stereocenters. The summed E-state index contributed by atoms with van der Waals surface area (Å²) >= 11 is 4.67. The first-order valence-corrected chi connectivity index (χ1v) is 16.4. The molecule has 6 nitrogen and oxygen atoms in total. The Balaban J connectivity index is 4.55. The number of thiol groups is 1. The summed E-state index contributed by atoms with van der Waals surface area (Å²) in [6.45, 7) is 5.76. The van der Waals surface area contributed by atoms with Gasteiger partial charge in [-0.3, -0.25) is 4.57 Å². The molecule has 0 amide bonds. The lowest BCUT2D eigenvalue weighted by Gasteiger charge is -2.26. The molecule has 37 heavy (non-hydrogen) atoms. The molecule has 0 saturated carbocycles. The van der Waals surface area contributed by atoms with Crippen LogP contribution >= 0.6 is 21.1 Å². The van der Waals surface area contributed by atoms with Crippen molar-refractivity contribution in [3.8, 4) is 0 Å². The predicted octanol–water partition coefficient (Wildman–Crippen LogP) is 9.14. The van der Waals surface area contributed by atoms with Gasteiger partial charge in [0.2, 0.25) is 8.46 Å². The van der Waals surface area contributed by atoms with Crippen LogP contribution in [0.3, 0.4) is 0 Å². The normalized spacial score (nSPS) is 15.9. The summed E-state index contributed by atoms with van der Waals surface area (Å²) in [6, 6.07) is 0. The Morgan fingerprint density at radius 3 is 1.62 bits per heavy atom. The van der Waals surface area contributed by atoms with Crippen LogP contribution in [0.2, 0.25) is 0 Å². The van der Waals surface area contributed by atoms with Gasteiger partial charge in [-0.25, -0.2) is 4.79 Å². The predicted molar refractivity (Wildman–Crippen MR) is 157 cm³/mol. The maximum absolute atomic E-state index is 11.2. The maximum atomic E-state index is 11.2. The first kappa shape index (κ1) is 36.8. The van der Waals surface area contributed by atoms with E-state index in [1.165, 1.54) is 116 Å². The van der Waals surface area contributed by atoms with E-state index in [1.807, 2.05) is 6.92 Å². The summed E-state index contributed by atoms with van der Waals surface area (Å²) in [4.78, 5) is 11.2. The van der Waals surface area contributed by atoms with Gasteiger partial charge in [0.1, 0.15) is 12.0 Å². The summed E-state index contributed by atoms with van der Waals surface area (Å²) < 4.78 is 22.5. The molecule has 0 rings (SSSR count). The molecule has 8 heteroatoms. The van der Waals surface area contributed by atoms with Gasteiger partial charge in [0.05, 0.1) is 0 Å². The van der Waals surface area contributed by atoms with E-state index in [4.69, 9.17) is 14.6 Å². The molecule has 0 aliphatic heterocycles. The van der Waals surface area contributed by atoms with E-state index < -0.39 is 32.7 Å². The molecule has 0 aliphatic rings. The minimum absolute atomic E-state index is 0.333. The fourth-order valence-electron chi connectivity index (χ4n) is 4.62. The van der Waals surface area contributed by atoms with Gasteiger partial charge in [0.25, 0.3) is 5.34 Å². The van der Waals surface area contributed by atoms with Crippen molar-refractivity contribution in [1.82, 2.24) is 0 Å². The molecular weight excluding hydrogens is 507 g/mol. The number of unbranched alkanes of at least 4 members (excludes halogenated alkanes) is 14. The molecule has 4 unspecified atom stereocenters. The van der Waals surface area contributed by atoms with Gasteiger partial charge in [0.15, 0.2) is 6.29 Å². The topological polar surface area (TPSA) is 93.1 Å². The lowest BCUT2D eigenvalue weighted by molar-refractivity contribution is -0.183. The van der Waals surface area contributed by atoms with Gasteiger partial charge in [-0.1, -0.05) is 136 Å². The number of carbonyl (C=O) groups is 1. The summed E-state index contributed by atoms with van der Waals surface area (Å²) in [5.41, 5.74) is -0.333. The minimum Gasteiger partial charge on any atom is -0.478 e. The minimum atomic E-state index is -2.46. The zero-order valence-electron chi connectivity index (χ0n) is 24.0. The second-order valence-electron chi connectivity index (χ2n) is 10.6. The molecule has 0 aromatic carbocycles. The highest BCUT2D eigenvalue weighted by Gasteiger charge is 2.39. The highest BCUT2D eigenvalue weighted by atomic mass is 32.1. The number of aliphatic hydroxyl groups is 1. The van der Waals surface area contributed by atoms with Crippen LogP contribution in [0.5, 0.6) is 0 Å². The molecule has 220 valence electrons. The molecule has 2 N–H and O–H groups in total. The summed E-state index contributed by atoms with van der Waals surface area (Å²) in [6.07, 6.45) is 24.0. The Bertz CT molecular complexity index is 552. The van der Waals surface area contributed by atoms with Crippen LogP contribution in [0.4, 0.5) is 0 Å². The van der Waals surface area contributed by atoms with E-state index in [0.717, 1.165) is 6.42 Å². The van der Waals surface area contributed by atoms with Crippen LogP contribution in [-0.2, 0) is 18.8 Å². The van der Waals surface area contributed by atoms with Crippen LogP contribution in [0.25, 0.3) is 0 Å². The van der Waals surface area contributed by atoms with Crippen LogP contribution in [-0.4, -0.2) is 39.9 Å². The number of hydrogen-bond donors (Lipinski definition) is 3. The first-order valence-electron chi connectivity index (χ1n) is 15.1. The van der Waals surface area contributed by atoms with Crippen LogP contribution in [0.1, 0.15) is 149 Å². The average Bonchev–Trinajstić information content (AvgIpc) is 2.88. The summed E-state index contributed by atoms with van der Waals surface area (Å²) in [7, 11) is -0.908. The van der Waals surface area contributed by atoms with Crippen molar-refractivity contribution in [3.63, 3.8) is 0 Å². The third kappa shape index (κ3) is 20.4. The lowest BCUT2D eigenvalue weighted by atomic mass is 9.91. The molecule has 0 bridgehead atoms. The molecular formula is C29H57O6PS. The maximum Gasteiger partial charge on any atom is 0.350 e. The van der Waals surface area contributed by atoms with E-state index in [9.17, 15) is 14.5 Å². The monoisotopic (exact) mass is 564 g/mol. The number of hydrogen-bond acceptors (Lipinski definition) is 6. The van der Waals surface area contributed by atoms with Crippen molar-refractivity contribution in [1.29, 1.82) is 0 Å². The second-order valence-corrected chi connectivity index (χ2v) is 12.1. The highest BCUT2D eigenvalue weighted by Crippen LogP contribution is 2.27. The van der Waals surface area contributed by atoms with E-state index >= 15 is 0 Å². The van der Waals surface area contributed by atoms with Gasteiger partial charge in [-0.05, 0) is 18.8 Å². The van der Waals surface area contributed by atoms with E-state index in [-0.39, 0.29) is 5.44 Å². The van der Waals surface area contributed by atoms with Crippen molar-refractivity contribution in [2.24, 2.45) is 5.92 Å². The molecule has 0 fully saturated rings. The Morgan fingerprint density at radius 1 is 0.811 bits per heavy atom. The standard InChI is InChI=1S/C29H57O6PS/c1-4-7-9-11-13-14-16-18-20-22-25(21-19-17-15-12-10-8-5-2)23-27(37)35-26(6-3)34-24-29(32,36-33)28(30)31/h25-27,32,37H,4-24H2,1-3H3,(H,30,31). The summed E-state index contributed by atoms with van der Waals surface area (Å²) in [5.74, 6) is -1.05. The van der Waals surface area contributed by atoms with E-state index in [1.54, 1.807) is 0 Å². The zero-order valence-corrected chi connectivity index (χ0v) is 25.8. The number of ether oxygens (including phenoxy) is 2. The van der Waals surface area contributed by atoms with Gasteiger partial charge >= 0.3 is 5.97 Å². The van der Waals surface area contributed by atoms with Gasteiger partial charge < -0.3 is 19.7 Å². The Hall–Kier alpha value is -0.200. The Kier molecular flexibility index (Phi) is 24.7. The fraction of sp³-hybridized carbons (Fsp3) is 0.966. The van der Waals surface area contributed by atoms with Crippen LogP contribution in [0, 0.1) is 5.92 Å². The molecule has 0 aromatic heterocycles. The third-order valence-electron chi connectivity index (χ3n) is 7.07. The van der Waals surface area contributed by atoms with Crippen molar-refractivity contribution in [3.05, 3.63) is 0 Å². The van der Waals surface area contributed by atoms with E-state index in [2.05, 4.69) is 26.5 Å². The Labute approximate surface area is 234 Å². The number of aliphatic carboxylic acids is 1. The second kappa shape index (κ2) is 24.8. The number of carboxylic acid groups (broad SMARTS) is 1. The first-order chi connectivity index (χ1) is 17.8. The molecule has 0 spiro atoms. The smallest absolute Gasteiger partial charge is 0.350 e.